The molecule has 4 aliphatic rings. The van der Waals surface area contributed by atoms with Crippen LogP contribution in [0, 0.1) is 10.8 Å². The molecule has 2 aliphatic heterocycles. The molecule has 2 saturated heterocycles. The van der Waals surface area contributed by atoms with E-state index in [1.54, 1.807) is 52.2 Å². The van der Waals surface area contributed by atoms with Crippen LogP contribution in [-0.4, -0.2) is 133 Å². The topological polar surface area (TPSA) is 239 Å². The van der Waals surface area contributed by atoms with E-state index in [2.05, 4.69) is 54.7 Å². The number of carbonyl (C=O) groups is 8. The number of carbonyl (C=O) groups excluding carboxylic acids is 8. The number of hydrogen-bond donors (Lipinski definition) is 8. The summed E-state index contributed by atoms with van der Waals surface area (Å²) in [6.07, 6.45) is 5.54. The van der Waals surface area contributed by atoms with E-state index in [4.69, 9.17) is 0 Å². The fourth-order valence-electron chi connectivity index (χ4n) is 11.3. The van der Waals surface area contributed by atoms with E-state index in [-0.39, 0.29) is 86.3 Å². The summed E-state index contributed by atoms with van der Waals surface area (Å²) in [5.41, 5.74) is 4.44. The van der Waals surface area contributed by atoms with Gasteiger partial charge in [0.15, 0.2) is 0 Å². The Kier molecular flexibility index (Phi) is 19.2. The number of aryl methyl sites for hydroxylation is 2. The maximum atomic E-state index is 14.6. The molecule has 18 nitrogen and oxygen atoms in total. The molecule has 0 saturated carbocycles. The van der Waals surface area contributed by atoms with Gasteiger partial charge in [-0.3, -0.25) is 38.4 Å². The number of likely N-dealkylation sites (tertiary alicyclic amines) is 2. The van der Waals surface area contributed by atoms with E-state index in [0.29, 0.717) is 11.1 Å². The monoisotopic (exact) mass is 1070 g/mol. The largest absolute Gasteiger partial charge is 0.351 e. The Morgan fingerprint density at radius 2 is 0.885 bits per heavy atom. The van der Waals surface area contributed by atoms with Crippen molar-refractivity contribution in [2.75, 3.05) is 27.2 Å². The van der Waals surface area contributed by atoms with Gasteiger partial charge in [0.25, 0.3) is 0 Å². The highest BCUT2D eigenvalue weighted by molar-refractivity contribution is 5.96. The van der Waals surface area contributed by atoms with E-state index in [1.165, 1.54) is 20.9 Å². The van der Waals surface area contributed by atoms with Gasteiger partial charge in [-0.1, -0.05) is 114 Å². The molecule has 8 N–H and O–H groups in total. The average Bonchev–Trinajstić information content (AvgIpc) is 4.14. The van der Waals surface area contributed by atoms with Crippen molar-refractivity contribution in [1.29, 1.82) is 0 Å². The molecule has 0 aromatic heterocycles. The number of amides is 8. The van der Waals surface area contributed by atoms with E-state index in [9.17, 15) is 38.4 Å². The van der Waals surface area contributed by atoms with Crippen molar-refractivity contribution in [3.63, 3.8) is 0 Å². The molecule has 10 atom stereocenters. The summed E-state index contributed by atoms with van der Waals surface area (Å²) in [5, 5.41) is 24.3. The second-order valence-electron chi connectivity index (χ2n) is 24.1. The van der Waals surface area contributed by atoms with Gasteiger partial charge in [0.05, 0.1) is 37.0 Å². The summed E-state index contributed by atoms with van der Waals surface area (Å²) >= 11 is 0. The highest BCUT2D eigenvalue weighted by atomic mass is 16.2. The van der Waals surface area contributed by atoms with Crippen molar-refractivity contribution in [3.8, 4) is 0 Å². The number of hydrogen-bond acceptors (Lipinski definition) is 10. The van der Waals surface area contributed by atoms with Crippen LogP contribution in [0.25, 0.3) is 0 Å². The Morgan fingerprint density at radius 1 is 0.526 bits per heavy atom. The van der Waals surface area contributed by atoms with Crippen LogP contribution in [-0.2, 0) is 64.0 Å². The predicted molar refractivity (Wildman–Crippen MR) is 298 cm³/mol. The van der Waals surface area contributed by atoms with Gasteiger partial charge in [-0.2, -0.15) is 0 Å². The molecule has 2 aliphatic carbocycles. The summed E-state index contributed by atoms with van der Waals surface area (Å²) in [6.45, 7) is 14.7. The standard InChI is InChI=1S/C60H84N10O8/c1-35(61-9)53(73)67-51(59(3,4)5)57(77)69-33-41(31-47(69)55(75)65-45-23-15-19-39-17-11-13-21-43(39)45)63-49(71)29-37-25-27-38(28-26-37)30-50(72)64-42-32-48(56(76)66-46-24-16-20-40-18-12-14-22-44(40)46)70(34-42)58(78)52(60(6,7)8)68-54(74)36(2)62-10/h11-14,17-18,21-22,25-28,35-36,41-42,45-48,51-52,61-62H,15-16,19-20,23-24,29-34H2,1-10H3,(H,63,71)(H,64,72)(H,65,75)(H,66,76)(H,67,73)(H,68,74)/t35-,36-,41-,42?,45+,46+,47-,48-,51+,52+/m0/s1. The first-order chi connectivity index (χ1) is 36.9. The Morgan fingerprint density at radius 3 is 1.23 bits per heavy atom. The molecule has 8 amide bonds. The lowest BCUT2D eigenvalue weighted by atomic mass is 9.85. The van der Waals surface area contributed by atoms with Crippen molar-refractivity contribution < 1.29 is 38.4 Å². The maximum Gasteiger partial charge on any atom is 0.246 e. The van der Waals surface area contributed by atoms with Crippen LogP contribution in [0.15, 0.2) is 72.8 Å². The van der Waals surface area contributed by atoms with E-state index < -0.39 is 71.0 Å². The number of likely N-dealkylation sites (N-methyl/N-ethyl adjacent to an activating group) is 2. The molecule has 3 aromatic carbocycles. The molecule has 2 heterocycles. The number of rotatable bonds is 18. The quantitative estimate of drug-likeness (QED) is 0.0922. The van der Waals surface area contributed by atoms with Gasteiger partial charge in [-0.15, -0.1) is 0 Å². The molecule has 3 aromatic rings. The third-order valence-electron chi connectivity index (χ3n) is 16.1. The molecule has 7 rings (SSSR count). The number of nitrogens with zero attached hydrogens (tertiary/aromatic N) is 2. The summed E-state index contributed by atoms with van der Waals surface area (Å²) in [5.74, 6) is -2.74. The minimum absolute atomic E-state index is 0.000931. The zero-order chi connectivity index (χ0) is 56.6. The number of fused-ring (bicyclic) bond motifs is 2. The second-order valence-corrected chi connectivity index (χ2v) is 24.1. The van der Waals surface area contributed by atoms with Crippen molar-refractivity contribution in [2.24, 2.45) is 10.8 Å². The van der Waals surface area contributed by atoms with Crippen molar-refractivity contribution in [2.45, 2.75) is 180 Å². The first-order valence-corrected chi connectivity index (χ1v) is 27.9. The molecular formula is C60H84N10O8. The van der Waals surface area contributed by atoms with Gasteiger partial charge < -0.3 is 52.3 Å². The van der Waals surface area contributed by atoms with Crippen LogP contribution >= 0.6 is 0 Å². The summed E-state index contributed by atoms with van der Waals surface area (Å²) in [4.78, 5) is 115. The van der Waals surface area contributed by atoms with Gasteiger partial charge in [0.2, 0.25) is 47.3 Å². The van der Waals surface area contributed by atoms with Crippen molar-refractivity contribution in [3.05, 3.63) is 106 Å². The van der Waals surface area contributed by atoms with E-state index in [0.717, 1.165) is 49.7 Å². The van der Waals surface area contributed by atoms with Crippen LogP contribution < -0.4 is 42.5 Å². The lowest BCUT2D eigenvalue weighted by molar-refractivity contribution is -0.144. The summed E-state index contributed by atoms with van der Waals surface area (Å²) < 4.78 is 0. The minimum atomic E-state index is -0.952. The highest BCUT2D eigenvalue weighted by Crippen LogP contribution is 2.34. The third-order valence-corrected chi connectivity index (χ3v) is 16.1. The molecule has 0 radical (unpaired) electrons. The van der Waals surface area contributed by atoms with Gasteiger partial charge in [0, 0.05) is 25.2 Å². The molecule has 422 valence electrons. The molecule has 2 fully saturated rings. The number of benzene rings is 3. The van der Waals surface area contributed by atoms with Crippen LogP contribution in [0.4, 0.5) is 0 Å². The van der Waals surface area contributed by atoms with E-state index in [1.807, 2.05) is 77.9 Å². The molecular weight excluding hydrogens is 989 g/mol. The second kappa shape index (κ2) is 25.4. The molecule has 0 spiro atoms. The first-order valence-electron chi connectivity index (χ1n) is 27.9. The molecule has 18 heteroatoms. The smallest absolute Gasteiger partial charge is 0.246 e. The van der Waals surface area contributed by atoms with E-state index >= 15 is 0 Å². The maximum absolute atomic E-state index is 14.6. The fourth-order valence-corrected chi connectivity index (χ4v) is 11.3. The lowest BCUT2D eigenvalue weighted by Gasteiger charge is -2.36. The Balaban J connectivity index is 0.999. The van der Waals surface area contributed by atoms with Crippen LogP contribution in [0.2, 0.25) is 0 Å². The zero-order valence-electron chi connectivity index (χ0n) is 47.3. The predicted octanol–water partition coefficient (Wildman–Crippen LogP) is 3.61. The molecule has 1 unspecified atom stereocenters. The van der Waals surface area contributed by atoms with Crippen LogP contribution in [0.3, 0.4) is 0 Å². The Labute approximate surface area is 460 Å². The lowest BCUT2D eigenvalue weighted by Crippen LogP contribution is -2.59. The SMILES string of the molecule is CN[C@@H](C)C(=O)N[C@H](C(=O)N1CC(NC(=O)Cc2ccc(CC(=O)N[C@H]3C[C@@H](C(=O)N[C@@H]4CCCc5ccccc54)N(C(=O)[C@@H](NC(=O)[C@H](C)NC)C(C)(C)C)C3)cc2)C[C@H]1C(=O)N[C@@H]1CCCc2ccccc21)C(C)(C)C. The molecule has 78 heavy (non-hydrogen) atoms. The van der Waals surface area contributed by atoms with Gasteiger partial charge in [0.1, 0.15) is 24.2 Å². The Hall–Kier alpha value is -6.66. The Bertz CT molecular complexity index is 2500. The zero-order valence-corrected chi connectivity index (χ0v) is 47.3. The number of nitrogens with one attached hydrogen (secondary N) is 8. The fraction of sp³-hybridized carbons (Fsp3) is 0.567. The normalized spacial score (nSPS) is 22.6. The van der Waals surface area contributed by atoms with Gasteiger partial charge >= 0.3 is 0 Å². The van der Waals surface area contributed by atoms with Crippen LogP contribution in [0.1, 0.15) is 139 Å². The van der Waals surface area contributed by atoms with Crippen LogP contribution in [0.5, 0.6) is 0 Å². The summed E-state index contributed by atoms with van der Waals surface area (Å²) in [7, 11) is 3.33. The first kappa shape index (κ1) is 59.0. The highest BCUT2D eigenvalue weighted by Gasteiger charge is 2.48. The summed E-state index contributed by atoms with van der Waals surface area (Å²) in [6, 6.07) is 16.8. The van der Waals surface area contributed by atoms with Gasteiger partial charge in [-0.25, -0.2) is 0 Å². The van der Waals surface area contributed by atoms with Crippen molar-refractivity contribution in [1.82, 2.24) is 52.3 Å². The third kappa shape index (κ3) is 14.5. The average molecular weight is 1070 g/mol. The minimum Gasteiger partial charge on any atom is -0.351 e. The molecule has 0 bridgehead atoms. The van der Waals surface area contributed by atoms with Crippen molar-refractivity contribution >= 4 is 47.3 Å². The van der Waals surface area contributed by atoms with Gasteiger partial charge in [-0.05, 0) is 124 Å².